The summed E-state index contributed by atoms with van der Waals surface area (Å²) in [4.78, 5) is 12.0. The Balaban J connectivity index is 1.26. The molecule has 0 saturated carbocycles. The van der Waals surface area contributed by atoms with Crippen molar-refractivity contribution in [3.8, 4) is 0 Å². The van der Waals surface area contributed by atoms with Gasteiger partial charge in [-0.3, -0.25) is 9.89 Å². The molecule has 1 aromatic carbocycles. The zero-order valence-corrected chi connectivity index (χ0v) is 17.8. The second-order valence-electron chi connectivity index (χ2n) is 7.89. The number of fused-ring (bicyclic) bond motifs is 1. The van der Waals surface area contributed by atoms with E-state index in [1.54, 1.807) is 0 Å². The minimum absolute atomic E-state index is 0.477. The third-order valence-corrected chi connectivity index (χ3v) is 5.57. The average Bonchev–Trinajstić information content (AvgIpc) is 3.19. The number of aromatic nitrogens is 2. The maximum absolute atomic E-state index is 4.79. The Labute approximate surface area is 179 Å². The van der Waals surface area contributed by atoms with E-state index < -0.39 is 0 Å². The van der Waals surface area contributed by atoms with Gasteiger partial charge in [-0.2, -0.15) is 0 Å². The van der Waals surface area contributed by atoms with Gasteiger partial charge in [0.05, 0.1) is 5.69 Å². The summed E-state index contributed by atoms with van der Waals surface area (Å²) in [5.74, 6) is 0.919. The van der Waals surface area contributed by atoms with Crippen molar-refractivity contribution < 1.29 is 0 Å². The summed E-state index contributed by atoms with van der Waals surface area (Å²) in [5.41, 5.74) is 3.46. The molecule has 1 fully saturated rings. The lowest BCUT2D eigenvalue weighted by Crippen LogP contribution is -2.48. The van der Waals surface area contributed by atoms with Gasteiger partial charge in [-0.05, 0) is 37.5 Å². The molecule has 2 N–H and O–H groups in total. The zero-order valence-electron chi connectivity index (χ0n) is 17.8. The predicted molar refractivity (Wildman–Crippen MR) is 123 cm³/mol. The molecule has 1 aliphatic heterocycles. The number of nitrogens with zero attached hydrogens (tertiary/aromatic N) is 4. The van der Waals surface area contributed by atoms with Gasteiger partial charge in [-0.15, -0.1) is 0 Å². The fourth-order valence-corrected chi connectivity index (χ4v) is 3.98. The van der Waals surface area contributed by atoms with Crippen LogP contribution in [-0.2, 0) is 13.0 Å². The number of benzene rings is 1. The molecule has 0 amide bonds. The average molecular weight is 405 g/mol. The Morgan fingerprint density at radius 2 is 1.90 bits per heavy atom. The highest BCUT2D eigenvalue weighted by molar-refractivity contribution is 5.80. The first-order valence-electron chi connectivity index (χ1n) is 11.0. The topological polar surface area (TPSA) is 57.0 Å². The van der Waals surface area contributed by atoms with E-state index >= 15 is 0 Å². The Kier molecular flexibility index (Phi) is 6.98. The van der Waals surface area contributed by atoms with E-state index in [0.717, 1.165) is 69.3 Å². The molecule has 0 aliphatic carbocycles. The van der Waals surface area contributed by atoms with Crippen molar-refractivity contribution in [1.82, 2.24) is 24.9 Å². The number of piperidine rings is 1. The number of hydrogen-bond acceptors (Lipinski definition) is 3. The Bertz CT molecular complexity index is 907. The second-order valence-corrected chi connectivity index (χ2v) is 7.89. The molecule has 0 bridgehead atoms. The van der Waals surface area contributed by atoms with Gasteiger partial charge in [0.2, 0.25) is 0 Å². The van der Waals surface area contributed by atoms with Crippen LogP contribution >= 0.6 is 0 Å². The van der Waals surface area contributed by atoms with Crippen LogP contribution in [0.3, 0.4) is 0 Å². The molecule has 3 heterocycles. The van der Waals surface area contributed by atoms with Crippen LogP contribution in [-0.4, -0.2) is 52.5 Å². The molecule has 4 rings (SSSR count). The second kappa shape index (κ2) is 10.3. The molecular formula is C24H32N6. The van der Waals surface area contributed by atoms with E-state index in [4.69, 9.17) is 4.99 Å². The van der Waals surface area contributed by atoms with Crippen LogP contribution in [0.25, 0.3) is 5.65 Å². The normalized spacial score (nSPS) is 16.1. The Hall–Kier alpha value is -2.86. The molecular weight excluding hydrogens is 372 g/mol. The van der Waals surface area contributed by atoms with Crippen molar-refractivity contribution in [2.24, 2.45) is 4.99 Å². The predicted octanol–water partition coefficient (Wildman–Crippen LogP) is 3.10. The van der Waals surface area contributed by atoms with Crippen molar-refractivity contribution in [3.05, 3.63) is 72.2 Å². The van der Waals surface area contributed by atoms with Crippen molar-refractivity contribution >= 4 is 11.6 Å². The van der Waals surface area contributed by atoms with Gasteiger partial charge >= 0.3 is 0 Å². The smallest absolute Gasteiger partial charge is 0.191 e. The van der Waals surface area contributed by atoms with Crippen LogP contribution in [0.15, 0.2) is 65.9 Å². The Morgan fingerprint density at radius 1 is 1.10 bits per heavy atom. The highest BCUT2D eigenvalue weighted by Crippen LogP contribution is 2.14. The van der Waals surface area contributed by atoms with E-state index in [-0.39, 0.29) is 0 Å². The van der Waals surface area contributed by atoms with Crippen LogP contribution < -0.4 is 10.6 Å². The summed E-state index contributed by atoms with van der Waals surface area (Å²) in [5, 5.41) is 7.03. The standard InChI is InChI=1S/C24H32N6/c1-2-25-24(26-14-11-22-19-30-15-7-6-10-23(30)27-22)28-21-12-16-29(17-13-21)18-20-8-4-3-5-9-20/h3-10,15,19,21H,2,11-14,16-18H2,1H3,(H2,25,26,28). The van der Waals surface area contributed by atoms with Crippen molar-refractivity contribution in [3.63, 3.8) is 0 Å². The molecule has 2 aromatic heterocycles. The molecule has 6 nitrogen and oxygen atoms in total. The number of hydrogen-bond donors (Lipinski definition) is 2. The van der Waals surface area contributed by atoms with Crippen molar-refractivity contribution in [1.29, 1.82) is 0 Å². The largest absolute Gasteiger partial charge is 0.357 e. The zero-order chi connectivity index (χ0) is 20.6. The number of nitrogens with one attached hydrogen (secondary N) is 2. The number of guanidine groups is 1. The van der Waals surface area contributed by atoms with Gasteiger partial charge in [-0.25, -0.2) is 4.98 Å². The first kappa shape index (κ1) is 20.4. The van der Waals surface area contributed by atoms with E-state index in [2.05, 4.69) is 68.4 Å². The summed E-state index contributed by atoms with van der Waals surface area (Å²) in [6.45, 7) is 6.99. The van der Waals surface area contributed by atoms with E-state index in [9.17, 15) is 0 Å². The number of aliphatic imine (C=N–C) groups is 1. The highest BCUT2D eigenvalue weighted by Gasteiger charge is 2.20. The maximum Gasteiger partial charge on any atom is 0.191 e. The lowest BCUT2D eigenvalue weighted by Gasteiger charge is -2.33. The van der Waals surface area contributed by atoms with Gasteiger partial charge in [0, 0.05) is 57.6 Å². The van der Waals surface area contributed by atoms with Gasteiger partial charge in [-0.1, -0.05) is 36.4 Å². The molecule has 6 heteroatoms. The van der Waals surface area contributed by atoms with Gasteiger partial charge in [0.15, 0.2) is 5.96 Å². The van der Waals surface area contributed by atoms with Crippen LogP contribution in [0, 0.1) is 0 Å². The summed E-state index contributed by atoms with van der Waals surface area (Å²) >= 11 is 0. The third-order valence-electron chi connectivity index (χ3n) is 5.57. The summed E-state index contributed by atoms with van der Waals surface area (Å²) in [7, 11) is 0. The van der Waals surface area contributed by atoms with Crippen molar-refractivity contribution in [2.45, 2.75) is 38.8 Å². The van der Waals surface area contributed by atoms with E-state index in [1.807, 2.05) is 24.4 Å². The summed E-state index contributed by atoms with van der Waals surface area (Å²) in [6.07, 6.45) is 7.25. The lowest BCUT2D eigenvalue weighted by atomic mass is 10.0. The highest BCUT2D eigenvalue weighted by atomic mass is 15.2. The Morgan fingerprint density at radius 3 is 2.67 bits per heavy atom. The minimum Gasteiger partial charge on any atom is -0.357 e. The molecule has 1 aliphatic rings. The molecule has 0 atom stereocenters. The van der Waals surface area contributed by atoms with Crippen LogP contribution in [0.5, 0.6) is 0 Å². The monoisotopic (exact) mass is 404 g/mol. The molecule has 30 heavy (non-hydrogen) atoms. The first-order valence-corrected chi connectivity index (χ1v) is 11.0. The maximum atomic E-state index is 4.79. The molecule has 0 spiro atoms. The fraction of sp³-hybridized carbons (Fsp3) is 0.417. The SMILES string of the molecule is CCNC(=NCCc1cn2ccccc2n1)NC1CCN(Cc2ccccc2)CC1. The first-order chi connectivity index (χ1) is 14.8. The molecule has 0 radical (unpaired) electrons. The third kappa shape index (κ3) is 5.60. The molecule has 158 valence electrons. The van der Waals surface area contributed by atoms with Gasteiger partial charge in [0.25, 0.3) is 0 Å². The van der Waals surface area contributed by atoms with Gasteiger partial charge < -0.3 is 15.0 Å². The van der Waals surface area contributed by atoms with Crippen LogP contribution in [0.4, 0.5) is 0 Å². The lowest BCUT2D eigenvalue weighted by molar-refractivity contribution is 0.198. The number of pyridine rings is 1. The van der Waals surface area contributed by atoms with E-state index in [0.29, 0.717) is 6.04 Å². The number of rotatable bonds is 7. The number of imidazole rings is 1. The quantitative estimate of drug-likeness (QED) is 0.469. The number of likely N-dealkylation sites (tertiary alicyclic amines) is 1. The van der Waals surface area contributed by atoms with Crippen LogP contribution in [0.1, 0.15) is 31.0 Å². The summed E-state index contributed by atoms with van der Waals surface area (Å²) in [6, 6.07) is 17.3. The van der Waals surface area contributed by atoms with Gasteiger partial charge in [0.1, 0.15) is 5.65 Å². The minimum atomic E-state index is 0.477. The van der Waals surface area contributed by atoms with Crippen LogP contribution in [0.2, 0.25) is 0 Å². The fourth-order valence-electron chi connectivity index (χ4n) is 3.98. The molecule has 3 aromatic rings. The van der Waals surface area contributed by atoms with E-state index in [1.165, 1.54) is 5.56 Å². The van der Waals surface area contributed by atoms with Crippen molar-refractivity contribution in [2.75, 3.05) is 26.2 Å². The molecule has 1 saturated heterocycles. The molecule has 0 unspecified atom stereocenters. The summed E-state index contributed by atoms with van der Waals surface area (Å²) < 4.78 is 2.06.